The van der Waals surface area contributed by atoms with Gasteiger partial charge in [-0.3, -0.25) is 0 Å². The van der Waals surface area contributed by atoms with E-state index < -0.39 is 0 Å². The van der Waals surface area contributed by atoms with Gasteiger partial charge in [0.1, 0.15) is 6.61 Å². The summed E-state index contributed by atoms with van der Waals surface area (Å²) in [6.45, 7) is 9.77. The van der Waals surface area contributed by atoms with Crippen molar-refractivity contribution in [1.29, 1.82) is 0 Å². The zero-order valence-corrected chi connectivity index (χ0v) is 11.7. The normalized spacial score (nSPS) is 10.7. The molecule has 0 atom stereocenters. The number of hydrogen-bond donors (Lipinski definition) is 1. The molecule has 0 aromatic heterocycles. The van der Waals surface area contributed by atoms with E-state index in [2.05, 4.69) is 26.1 Å². The summed E-state index contributed by atoms with van der Waals surface area (Å²) in [4.78, 5) is 0. The van der Waals surface area contributed by atoms with Crippen LogP contribution in [0.4, 0.5) is 0 Å². The van der Waals surface area contributed by atoms with E-state index in [-0.39, 0.29) is 0 Å². The number of rotatable bonds is 9. The molecule has 0 bridgehead atoms. The maximum Gasteiger partial charge on any atom is 0.161 e. The van der Waals surface area contributed by atoms with Crippen molar-refractivity contribution >= 4 is 0 Å². The van der Waals surface area contributed by atoms with Gasteiger partial charge >= 0.3 is 0 Å². The summed E-state index contributed by atoms with van der Waals surface area (Å²) in [7, 11) is 0. The molecule has 1 aromatic rings. The molecule has 18 heavy (non-hydrogen) atoms. The van der Waals surface area contributed by atoms with Crippen LogP contribution in [0.1, 0.15) is 27.2 Å². The van der Waals surface area contributed by atoms with Crippen molar-refractivity contribution < 1.29 is 9.47 Å². The summed E-state index contributed by atoms with van der Waals surface area (Å²) < 4.78 is 11.4. The molecule has 0 aliphatic carbocycles. The fourth-order valence-corrected chi connectivity index (χ4v) is 1.52. The van der Waals surface area contributed by atoms with Gasteiger partial charge in [-0.1, -0.05) is 32.9 Å². The molecule has 0 unspecified atom stereocenters. The van der Waals surface area contributed by atoms with E-state index in [0.29, 0.717) is 12.5 Å². The minimum Gasteiger partial charge on any atom is -0.490 e. The van der Waals surface area contributed by atoms with Crippen LogP contribution in [0.15, 0.2) is 24.3 Å². The second-order valence-corrected chi connectivity index (χ2v) is 4.74. The monoisotopic (exact) mass is 251 g/mol. The van der Waals surface area contributed by atoms with Crippen molar-refractivity contribution in [3.8, 4) is 11.5 Å². The van der Waals surface area contributed by atoms with Crippen LogP contribution < -0.4 is 14.8 Å². The van der Waals surface area contributed by atoms with Gasteiger partial charge in [-0.15, -0.1) is 0 Å². The first kappa shape index (κ1) is 14.8. The zero-order valence-electron chi connectivity index (χ0n) is 11.7. The summed E-state index contributed by atoms with van der Waals surface area (Å²) in [5.74, 6) is 2.34. The van der Waals surface area contributed by atoms with Crippen molar-refractivity contribution in [2.75, 3.05) is 26.3 Å². The smallest absolute Gasteiger partial charge is 0.161 e. The third kappa shape index (κ3) is 5.92. The SMILES string of the molecule is CCCOc1ccccc1OCCNCC(C)C. The number of hydrogen-bond acceptors (Lipinski definition) is 3. The topological polar surface area (TPSA) is 30.5 Å². The highest BCUT2D eigenvalue weighted by molar-refractivity contribution is 5.39. The molecule has 0 amide bonds. The molecule has 0 aliphatic heterocycles. The van der Waals surface area contributed by atoms with Gasteiger partial charge in [0.05, 0.1) is 6.61 Å². The Bertz CT molecular complexity index is 326. The second kappa shape index (κ2) is 8.81. The Labute approximate surface area is 110 Å². The summed E-state index contributed by atoms with van der Waals surface area (Å²) in [6.07, 6.45) is 1.00. The van der Waals surface area contributed by atoms with Crippen LogP contribution in [0.5, 0.6) is 11.5 Å². The van der Waals surface area contributed by atoms with Crippen LogP contribution in [0.25, 0.3) is 0 Å². The predicted molar refractivity (Wildman–Crippen MR) is 75.4 cm³/mol. The highest BCUT2D eigenvalue weighted by Gasteiger charge is 2.03. The minimum atomic E-state index is 0.666. The Kier molecular flexibility index (Phi) is 7.26. The highest BCUT2D eigenvalue weighted by Crippen LogP contribution is 2.26. The number of ether oxygens (including phenoxy) is 2. The lowest BCUT2D eigenvalue weighted by Crippen LogP contribution is -2.25. The minimum absolute atomic E-state index is 0.666. The summed E-state index contributed by atoms with van der Waals surface area (Å²) in [5, 5.41) is 3.35. The Morgan fingerprint density at radius 3 is 2.22 bits per heavy atom. The molecule has 1 aromatic carbocycles. The quantitative estimate of drug-likeness (QED) is 0.684. The van der Waals surface area contributed by atoms with Crippen LogP contribution in [0.3, 0.4) is 0 Å². The van der Waals surface area contributed by atoms with Gasteiger partial charge in [0.2, 0.25) is 0 Å². The largest absolute Gasteiger partial charge is 0.490 e. The predicted octanol–water partition coefficient (Wildman–Crippen LogP) is 3.10. The van der Waals surface area contributed by atoms with Gasteiger partial charge in [-0.25, -0.2) is 0 Å². The molecule has 102 valence electrons. The fraction of sp³-hybridized carbons (Fsp3) is 0.600. The number of benzene rings is 1. The summed E-state index contributed by atoms with van der Waals surface area (Å²) in [6, 6.07) is 7.84. The summed E-state index contributed by atoms with van der Waals surface area (Å²) in [5.41, 5.74) is 0. The molecule has 0 heterocycles. The van der Waals surface area contributed by atoms with E-state index in [1.165, 1.54) is 0 Å². The third-order valence-electron chi connectivity index (χ3n) is 2.40. The van der Waals surface area contributed by atoms with E-state index in [1.807, 2.05) is 24.3 Å². The van der Waals surface area contributed by atoms with Crippen molar-refractivity contribution in [3.05, 3.63) is 24.3 Å². The number of nitrogens with one attached hydrogen (secondary N) is 1. The first-order valence-corrected chi connectivity index (χ1v) is 6.79. The molecule has 0 saturated carbocycles. The average Bonchev–Trinajstić information content (AvgIpc) is 2.36. The number of para-hydroxylation sites is 2. The fourth-order valence-electron chi connectivity index (χ4n) is 1.52. The molecule has 0 spiro atoms. The average molecular weight is 251 g/mol. The lowest BCUT2D eigenvalue weighted by molar-refractivity contribution is 0.266. The molecule has 3 nitrogen and oxygen atoms in total. The van der Waals surface area contributed by atoms with E-state index in [0.717, 1.165) is 37.6 Å². The highest BCUT2D eigenvalue weighted by atomic mass is 16.5. The van der Waals surface area contributed by atoms with Gasteiger partial charge in [0.15, 0.2) is 11.5 Å². The lowest BCUT2D eigenvalue weighted by atomic mass is 10.2. The second-order valence-electron chi connectivity index (χ2n) is 4.74. The van der Waals surface area contributed by atoms with E-state index >= 15 is 0 Å². The van der Waals surface area contributed by atoms with Gasteiger partial charge in [0, 0.05) is 6.54 Å². The first-order chi connectivity index (χ1) is 8.74. The van der Waals surface area contributed by atoms with E-state index in [9.17, 15) is 0 Å². The van der Waals surface area contributed by atoms with Crippen molar-refractivity contribution in [3.63, 3.8) is 0 Å². The van der Waals surface area contributed by atoms with Gasteiger partial charge in [-0.05, 0) is 31.0 Å². The van der Waals surface area contributed by atoms with Gasteiger partial charge in [0.25, 0.3) is 0 Å². The molecule has 0 radical (unpaired) electrons. The van der Waals surface area contributed by atoms with Crippen molar-refractivity contribution in [2.45, 2.75) is 27.2 Å². The standard InChI is InChI=1S/C15H25NO2/c1-4-10-17-14-7-5-6-8-15(14)18-11-9-16-12-13(2)3/h5-8,13,16H,4,9-12H2,1-3H3. The van der Waals surface area contributed by atoms with Crippen LogP contribution >= 0.6 is 0 Å². The van der Waals surface area contributed by atoms with E-state index in [4.69, 9.17) is 9.47 Å². The van der Waals surface area contributed by atoms with Crippen LogP contribution in [0.2, 0.25) is 0 Å². The Hall–Kier alpha value is -1.22. The molecular formula is C15H25NO2. The first-order valence-electron chi connectivity index (χ1n) is 6.79. The molecular weight excluding hydrogens is 226 g/mol. The zero-order chi connectivity index (χ0) is 13.2. The van der Waals surface area contributed by atoms with E-state index in [1.54, 1.807) is 0 Å². The van der Waals surface area contributed by atoms with Gasteiger partial charge in [-0.2, -0.15) is 0 Å². The Balaban J connectivity index is 2.32. The molecule has 1 N–H and O–H groups in total. The molecule has 0 saturated heterocycles. The third-order valence-corrected chi connectivity index (χ3v) is 2.40. The van der Waals surface area contributed by atoms with Crippen LogP contribution in [-0.2, 0) is 0 Å². The molecule has 3 heteroatoms. The molecule has 0 fully saturated rings. The lowest BCUT2D eigenvalue weighted by Gasteiger charge is -2.13. The van der Waals surface area contributed by atoms with Crippen LogP contribution in [-0.4, -0.2) is 26.3 Å². The van der Waals surface area contributed by atoms with Crippen LogP contribution in [0, 0.1) is 5.92 Å². The maximum atomic E-state index is 5.73. The Morgan fingerprint density at radius 2 is 1.67 bits per heavy atom. The maximum absolute atomic E-state index is 5.73. The molecule has 1 rings (SSSR count). The van der Waals surface area contributed by atoms with Crippen molar-refractivity contribution in [2.24, 2.45) is 5.92 Å². The Morgan fingerprint density at radius 1 is 1.06 bits per heavy atom. The molecule has 0 aliphatic rings. The van der Waals surface area contributed by atoms with Gasteiger partial charge < -0.3 is 14.8 Å². The summed E-state index contributed by atoms with van der Waals surface area (Å²) >= 11 is 0. The van der Waals surface area contributed by atoms with Crippen molar-refractivity contribution in [1.82, 2.24) is 5.32 Å².